The number of aromatic nitrogens is 2. The lowest BCUT2D eigenvalue weighted by Gasteiger charge is -2.36. The average Bonchev–Trinajstić information content (AvgIpc) is 3.79. The van der Waals surface area contributed by atoms with E-state index >= 15 is 0 Å². The van der Waals surface area contributed by atoms with E-state index in [1.807, 2.05) is 0 Å². The third-order valence-electron chi connectivity index (χ3n) is 11.1. The zero-order valence-electron chi connectivity index (χ0n) is 29.2. The molecule has 2 aromatic heterocycles. The monoisotopic (exact) mass is 614 g/mol. The molecule has 1 aliphatic carbocycles. The van der Waals surface area contributed by atoms with E-state index in [4.69, 9.17) is 14.3 Å². The van der Waals surface area contributed by atoms with Gasteiger partial charge in [0.1, 0.15) is 0 Å². The Morgan fingerprint density at radius 3 is 2.27 bits per heavy atom. The fraction of sp³-hybridized carbons (Fsp3) is 0.649. The van der Waals surface area contributed by atoms with Crippen LogP contribution in [0.3, 0.4) is 0 Å². The molecule has 2 saturated heterocycles. The molecule has 8 heteroatoms. The normalized spacial score (nSPS) is 21.2. The largest absolute Gasteiger partial charge is 0.494 e. The molecule has 1 saturated carbocycles. The van der Waals surface area contributed by atoms with Crippen molar-refractivity contribution in [1.82, 2.24) is 14.5 Å². The SMILES string of the molecule is CCC(C)c1ncc(N2CCN(C3CC3)CC2)cc1-c1c(CC(C)(C)CO)c2cc(B3OC(C)(C)C(C)(C)O3)ccc2n1CC. The summed E-state index contributed by atoms with van der Waals surface area (Å²) in [6.45, 7) is 24.8. The number of hydrogen-bond acceptors (Lipinski definition) is 6. The number of piperazine rings is 1. The Morgan fingerprint density at radius 2 is 1.69 bits per heavy atom. The second-order valence-corrected chi connectivity index (χ2v) is 15.6. The van der Waals surface area contributed by atoms with Crippen LogP contribution in [0.5, 0.6) is 0 Å². The molecule has 3 aromatic rings. The summed E-state index contributed by atoms with van der Waals surface area (Å²) < 4.78 is 15.5. The highest BCUT2D eigenvalue weighted by atomic mass is 16.7. The van der Waals surface area contributed by atoms with Crippen molar-refractivity contribution >= 4 is 29.2 Å². The Hall–Kier alpha value is -2.39. The summed E-state index contributed by atoms with van der Waals surface area (Å²) in [6, 6.07) is 9.94. The lowest BCUT2D eigenvalue weighted by Crippen LogP contribution is -2.47. The van der Waals surface area contributed by atoms with Crippen molar-refractivity contribution < 1.29 is 14.4 Å². The fourth-order valence-electron chi connectivity index (χ4n) is 7.12. The zero-order valence-corrected chi connectivity index (χ0v) is 29.2. The van der Waals surface area contributed by atoms with E-state index < -0.39 is 18.3 Å². The van der Waals surface area contributed by atoms with Crippen molar-refractivity contribution in [3.63, 3.8) is 0 Å². The first-order valence-electron chi connectivity index (χ1n) is 17.4. The third kappa shape index (κ3) is 6.08. The van der Waals surface area contributed by atoms with Crippen LogP contribution in [0.2, 0.25) is 0 Å². The van der Waals surface area contributed by atoms with E-state index in [0.717, 1.165) is 62.8 Å². The van der Waals surface area contributed by atoms with Gasteiger partial charge in [-0.2, -0.15) is 0 Å². The highest BCUT2D eigenvalue weighted by molar-refractivity contribution is 6.62. The topological polar surface area (TPSA) is 63.0 Å². The fourth-order valence-corrected chi connectivity index (χ4v) is 7.12. The maximum absolute atomic E-state index is 10.5. The molecule has 1 N–H and O–H groups in total. The Labute approximate surface area is 271 Å². The molecular formula is C37H55BN4O3. The van der Waals surface area contributed by atoms with Crippen LogP contribution in [-0.4, -0.2) is 76.7 Å². The summed E-state index contributed by atoms with van der Waals surface area (Å²) in [7, 11) is -0.429. The highest BCUT2D eigenvalue weighted by Gasteiger charge is 2.51. The van der Waals surface area contributed by atoms with Crippen LogP contribution < -0.4 is 10.4 Å². The number of aliphatic hydroxyl groups is 1. The van der Waals surface area contributed by atoms with Crippen LogP contribution in [0.4, 0.5) is 5.69 Å². The van der Waals surface area contributed by atoms with Gasteiger partial charge in [-0.15, -0.1) is 0 Å². The second kappa shape index (κ2) is 12.0. The molecule has 1 unspecified atom stereocenters. The van der Waals surface area contributed by atoms with Gasteiger partial charge in [-0.25, -0.2) is 0 Å². The number of aryl methyl sites for hydroxylation is 1. The van der Waals surface area contributed by atoms with Crippen LogP contribution in [-0.2, 0) is 22.3 Å². The van der Waals surface area contributed by atoms with Gasteiger partial charge in [0.25, 0.3) is 0 Å². The molecule has 0 spiro atoms. The molecule has 1 aromatic carbocycles. The van der Waals surface area contributed by atoms with Gasteiger partial charge < -0.3 is 23.9 Å². The number of nitrogens with zero attached hydrogens (tertiary/aromatic N) is 4. The molecule has 0 amide bonds. The van der Waals surface area contributed by atoms with Crippen molar-refractivity contribution in [2.24, 2.45) is 5.41 Å². The van der Waals surface area contributed by atoms with Gasteiger partial charge >= 0.3 is 7.12 Å². The van der Waals surface area contributed by atoms with Crippen molar-refractivity contribution in [2.45, 2.75) is 118 Å². The van der Waals surface area contributed by atoms with Crippen molar-refractivity contribution in [2.75, 3.05) is 37.7 Å². The van der Waals surface area contributed by atoms with E-state index in [1.165, 1.54) is 46.3 Å². The third-order valence-corrected chi connectivity index (χ3v) is 11.1. The quantitative estimate of drug-likeness (QED) is 0.268. The number of fused-ring (bicyclic) bond motifs is 1. The number of pyridine rings is 1. The van der Waals surface area contributed by atoms with Crippen molar-refractivity contribution in [3.8, 4) is 11.3 Å². The van der Waals surface area contributed by atoms with E-state index in [2.05, 4.69) is 107 Å². The molecule has 3 aliphatic rings. The molecule has 6 rings (SSSR count). The molecule has 0 bridgehead atoms. The average molecular weight is 615 g/mol. The molecule has 45 heavy (non-hydrogen) atoms. The predicted octanol–water partition coefficient (Wildman–Crippen LogP) is 6.38. The van der Waals surface area contributed by atoms with Gasteiger partial charge in [-0.3, -0.25) is 9.88 Å². The van der Waals surface area contributed by atoms with Crippen LogP contribution in [0.25, 0.3) is 22.2 Å². The Kier molecular flexibility index (Phi) is 8.68. The number of benzene rings is 1. The van der Waals surface area contributed by atoms with Crippen molar-refractivity contribution in [1.29, 1.82) is 0 Å². The minimum Gasteiger partial charge on any atom is -0.399 e. The number of anilines is 1. The molecule has 4 heterocycles. The summed E-state index contributed by atoms with van der Waals surface area (Å²) in [6.07, 6.45) is 6.61. The van der Waals surface area contributed by atoms with Crippen LogP contribution >= 0.6 is 0 Å². The van der Waals surface area contributed by atoms with Gasteiger partial charge in [0.05, 0.1) is 34.5 Å². The van der Waals surface area contributed by atoms with Crippen molar-refractivity contribution in [3.05, 3.63) is 41.7 Å². The highest BCUT2D eigenvalue weighted by Crippen LogP contribution is 2.43. The lowest BCUT2D eigenvalue weighted by atomic mass is 9.77. The minimum atomic E-state index is -0.429. The van der Waals surface area contributed by atoms with Gasteiger partial charge in [0, 0.05) is 61.8 Å². The smallest absolute Gasteiger partial charge is 0.399 e. The first-order valence-corrected chi connectivity index (χ1v) is 17.4. The minimum absolute atomic E-state index is 0.115. The molecule has 2 aliphatic heterocycles. The maximum Gasteiger partial charge on any atom is 0.494 e. The predicted molar refractivity (Wildman–Crippen MR) is 187 cm³/mol. The summed E-state index contributed by atoms with van der Waals surface area (Å²) in [5, 5.41) is 11.7. The standard InChI is InChI=1S/C37H55BN4O3/c1-10-25(3)33-30(21-28(23-39-33)41-18-16-40(17-19-41)27-13-14-27)34-31(22-35(4,5)24-43)29-20-26(12-15-32(29)42(34)11-2)38-44-36(6,7)37(8,9)45-38/h12,15,20-21,23,25,27,43H,10-11,13-14,16-19,22,24H2,1-9H3. The van der Waals surface area contributed by atoms with Crippen LogP contribution in [0.15, 0.2) is 30.5 Å². The lowest BCUT2D eigenvalue weighted by molar-refractivity contribution is 0.00578. The van der Waals surface area contributed by atoms with Gasteiger partial charge in [-0.05, 0) is 94.8 Å². The Morgan fingerprint density at radius 1 is 1.02 bits per heavy atom. The van der Waals surface area contributed by atoms with E-state index in [-0.39, 0.29) is 12.0 Å². The second-order valence-electron chi connectivity index (χ2n) is 15.6. The zero-order chi connectivity index (χ0) is 32.3. The van der Waals surface area contributed by atoms with Crippen LogP contribution in [0.1, 0.15) is 98.8 Å². The molecular weight excluding hydrogens is 559 g/mol. The maximum atomic E-state index is 10.5. The summed E-state index contributed by atoms with van der Waals surface area (Å²) in [5.41, 5.74) is 7.24. The number of aliphatic hydroxyl groups excluding tert-OH is 1. The van der Waals surface area contributed by atoms with Gasteiger partial charge in [-0.1, -0.05) is 39.8 Å². The van der Waals surface area contributed by atoms with E-state index in [1.54, 1.807) is 0 Å². The Bertz CT molecular complexity index is 1520. The molecule has 1 atom stereocenters. The summed E-state index contributed by atoms with van der Waals surface area (Å²) >= 11 is 0. The molecule has 0 radical (unpaired) electrons. The van der Waals surface area contributed by atoms with Gasteiger partial charge in [0.2, 0.25) is 0 Å². The summed E-state index contributed by atoms with van der Waals surface area (Å²) in [5.74, 6) is 0.322. The Balaban J connectivity index is 1.51. The van der Waals surface area contributed by atoms with E-state index in [0.29, 0.717) is 5.92 Å². The van der Waals surface area contributed by atoms with E-state index in [9.17, 15) is 5.11 Å². The molecule has 244 valence electrons. The number of rotatable bonds is 10. The first kappa shape index (κ1) is 32.6. The van der Waals surface area contributed by atoms with Gasteiger partial charge in [0.15, 0.2) is 0 Å². The summed E-state index contributed by atoms with van der Waals surface area (Å²) in [4.78, 5) is 10.4. The number of hydrogen-bond donors (Lipinski definition) is 1. The molecule has 7 nitrogen and oxygen atoms in total. The molecule has 3 fully saturated rings. The first-order chi connectivity index (χ1) is 21.3. The van der Waals surface area contributed by atoms with Crippen LogP contribution in [0, 0.1) is 5.41 Å².